The van der Waals surface area contributed by atoms with Crippen LogP contribution < -0.4 is 11.1 Å². The highest BCUT2D eigenvalue weighted by Gasteiger charge is 2.19. The summed E-state index contributed by atoms with van der Waals surface area (Å²) in [5.74, 6) is 0.195. The SMILES string of the molecule is CCC(CN)CC(=O)NC(c1ccc(F)cc1)C(C)C. The molecule has 0 aliphatic rings. The average Bonchev–Trinajstić information content (AvgIpc) is 2.43. The Morgan fingerprint density at radius 2 is 1.90 bits per heavy atom. The molecule has 2 unspecified atom stereocenters. The summed E-state index contributed by atoms with van der Waals surface area (Å²) in [6.45, 7) is 6.63. The van der Waals surface area contributed by atoms with Crippen molar-refractivity contribution in [3.05, 3.63) is 35.6 Å². The second kappa shape index (κ2) is 8.00. The highest BCUT2D eigenvalue weighted by molar-refractivity contribution is 5.76. The van der Waals surface area contributed by atoms with E-state index in [0.717, 1.165) is 12.0 Å². The third-order valence-corrected chi connectivity index (χ3v) is 3.60. The van der Waals surface area contributed by atoms with Gasteiger partial charge in [0.2, 0.25) is 5.91 Å². The van der Waals surface area contributed by atoms with Gasteiger partial charge in [-0.15, -0.1) is 0 Å². The van der Waals surface area contributed by atoms with Gasteiger partial charge in [-0.2, -0.15) is 0 Å². The molecule has 0 radical (unpaired) electrons. The number of amides is 1. The molecule has 0 saturated carbocycles. The zero-order valence-corrected chi connectivity index (χ0v) is 12.5. The molecule has 0 bridgehead atoms. The number of halogens is 1. The summed E-state index contributed by atoms with van der Waals surface area (Å²) in [5, 5.41) is 3.03. The zero-order chi connectivity index (χ0) is 15.1. The molecule has 2 atom stereocenters. The Kier molecular flexibility index (Phi) is 6.65. The fourth-order valence-corrected chi connectivity index (χ4v) is 2.19. The van der Waals surface area contributed by atoms with Crippen molar-refractivity contribution in [3.8, 4) is 0 Å². The number of carbonyl (C=O) groups is 1. The second-order valence-electron chi connectivity index (χ2n) is 5.55. The molecule has 1 rings (SSSR count). The highest BCUT2D eigenvalue weighted by Crippen LogP contribution is 2.22. The van der Waals surface area contributed by atoms with Crippen LogP contribution >= 0.6 is 0 Å². The van der Waals surface area contributed by atoms with Crippen LogP contribution in [0.15, 0.2) is 24.3 Å². The number of nitrogens with two attached hydrogens (primary N) is 1. The van der Waals surface area contributed by atoms with E-state index in [1.54, 1.807) is 12.1 Å². The Balaban J connectivity index is 2.73. The van der Waals surface area contributed by atoms with Gasteiger partial charge in [0.15, 0.2) is 0 Å². The fraction of sp³-hybridized carbons (Fsp3) is 0.562. The smallest absolute Gasteiger partial charge is 0.220 e. The Labute approximate surface area is 120 Å². The molecule has 0 saturated heterocycles. The minimum absolute atomic E-state index is 0.00493. The molecule has 112 valence electrons. The predicted octanol–water partition coefficient (Wildman–Crippen LogP) is 3.01. The van der Waals surface area contributed by atoms with Gasteiger partial charge in [-0.05, 0) is 36.1 Å². The van der Waals surface area contributed by atoms with E-state index in [9.17, 15) is 9.18 Å². The molecule has 0 spiro atoms. The van der Waals surface area contributed by atoms with Crippen LogP contribution in [0.5, 0.6) is 0 Å². The lowest BCUT2D eigenvalue weighted by Crippen LogP contribution is -2.33. The molecule has 1 aromatic rings. The molecule has 20 heavy (non-hydrogen) atoms. The lowest BCUT2D eigenvalue weighted by molar-refractivity contribution is -0.123. The van der Waals surface area contributed by atoms with Crippen LogP contribution in [0, 0.1) is 17.7 Å². The van der Waals surface area contributed by atoms with Gasteiger partial charge in [-0.25, -0.2) is 4.39 Å². The summed E-state index contributed by atoms with van der Waals surface area (Å²) < 4.78 is 13.0. The first-order valence-corrected chi connectivity index (χ1v) is 7.22. The van der Waals surface area contributed by atoms with Gasteiger partial charge in [-0.3, -0.25) is 4.79 Å². The summed E-state index contributed by atoms with van der Waals surface area (Å²) in [4.78, 5) is 12.1. The van der Waals surface area contributed by atoms with Crippen LogP contribution in [0.4, 0.5) is 4.39 Å². The van der Waals surface area contributed by atoms with Crippen LogP contribution in [0.1, 0.15) is 45.2 Å². The average molecular weight is 280 g/mol. The van der Waals surface area contributed by atoms with Crippen molar-refractivity contribution in [3.63, 3.8) is 0 Å². The van der Waals surface area contributed by atoms with E-state index in [-0.39, 0.29) is 29.6 Å². The highest BCUT2D eigenvalue weighted by atomic mass is 19.1. The number of hydrogen-bond donors (Lipinski definition) is 2. The number of carbonyl (C=O) groups excluding carboxylic acids is 1. The topological polar surface area (TPSA) is 55.1 Å². The van der Waals surface area contributed by atoms with Gasteiger partial charge >= 0.3 is 0 Å². The van der Waals surface area contributed by atoms with Gasteiger partial charge < -0.3 is 11.1 Å². The van der Waals surface area contributed by atoms with Crippen LogP contribution in [-0.4, -0.2) is 12.5 Å². The number of hydrogen-bond acceptors (Lipinski definition) is 2. The summed E-state index contributed by atoms with van der Waals surface area (Å²) in [7, 11) is 0. The Hall–Kier alpha value is -1.42. The van der Waals surface area contributed by atoms with Gasteiger partial charge in [0.1, 0.15) is 5.82 Å². The molecule has 0 heterocycles. The normalized spacial score (nSPS) is 14.1. The summed E-state index contributed by atoms with van der Waals surface area (Å²) in [5.41, 5.74) is 6.55. The lowest BCUT2D eigenvalue weighted by atomic mass is 9.95. The van der Waals surface area contributed by atoms with Gasteiger partial charge in [-0.1, -0.05) is 39.3 Å². The van der Waals surface area contributed by atoms with Crippen LogP contribution in [-0.2, 0) is 4.79 Å². The Morgan fingerprint density at radius 3 is 2.35 bits per heavy atom. The molecule has 1 amide bonds. The lowest BCUT2D eigenvalue weighted by Gasteiger charge is -2.24. The third-order valence-electron chi connectivity index (χ3n) is 3.60. The summed E-state index contributed by atoms with van der Waals surface area (Å²) in [6.07, 6.45) is 1.34. The van der Waals surface area contributed by atoms with E-state index < -0.39 is 0 Å². The maximum atomic E-state index is 13.0. The standard InChI is InChI=1S/C16H25FN2O/c1-4-12(10-18)9-15(20)19-16(11(2)3)13-5-7-14(17)8-6-13/h5-8,11-12,16H,4,9-10,18H2,1-3H3,(H,19,20). The molecular weight excluding hydrogens is 255 g/mol. The molecule has 0 fully saturated rings. The predicted molar refractivity (Wildman–Crippen MR) is 79.6 cm³/mol. The van der Waals surface area contributed by atoms with E-state index in [2.05, 4.69) is 5.32 Å². The van der Waals surface area contributed by atoms with Gasteiger partial charge in [0.05, 0.1) is 6.04 Å². The minimum atomic E-state index is -0.267. The van der Waals surface area contributed by atoms with E-state index >= 15 is 0 Å². The zero-order valence-electron chi connectivity index (χ0n) is 12.5. The van der Waals surface area contributed by atoms with Crippen molar-refractivity contribution in [2.45, 2.75) is 39.7 Å². The number of nitrogens with one attached hydrogen (secondary N) is 1. The summed E-state index contributed by atoms with van der Waals surface area (Å²) in [6, 6.07) is 6.19. The molecule has 0 aliphatic heterocycles. The monoisotopic (exact) mass is 280 g/mol. The Bertz CT molecular complexity index is 413. The van der Waals surface area contributed by atoms with E-state index in [1.165, 1.54) is 12.1 Å². The van der Waals surface area contributed by atoms with Crippen LogP contribution in [0.2, 0.25) is 0 Å². The van der Waals surface area contributed by atoms with E-state index in [4.69, 9.17) is 5.73 Å². The first kappa shape index (κ1) is 16.6. The summed E-state index contributed by atoms with van der Waals surface area (Å²) >= 11 is 0. The van der Waals surface area contributed by atoms with Crippen LogP contribution in [0.25, 0.3) is 0 Å². The fourth-order valence-electron chi connectivity index (χ4n) is 2.19. The van der Waals surface area contributed by atoms with Crippen molar-refractivity contribution < 1.29 is 9.18 Å². The molecule has 0 aromatic heterocycles. The number of benzene rings is 1. The van der Waals surface area contributed by atoms with E-state index in [1.807, 2.05) is 20.8 Å². The van der Waals surface area contributed by atoms with Crippen molar-refractivity contribution >= 4 is 5.91 Å². The molecule has 4 heteroatoms. The quantitative estimate of drug-likeness (QED) is 0.806. The molecule has 3 nitrogen and oxygen atoms in total. The molecule has 3 N–H and O–H groups in total. The third kappa shape index (κ3) is 4.93. The first-order chi connectivity index (χ1) is 9.47. The Morgan fingerprint density at radius 1 is 1.30 bits per heavy atom. The van der Waals surface area contributed by atoms with E-state index in [0.29, 0.717) is 13.0 Å². The maximum Gasteiger partial charge on any atom is 0.220 e. The second-order valence-corrected chi connectivity index (χ2v) is 5.55. The molecular formula is C16H25FN2O. The van der Waals surface area contributed by atoms with Crippen molar-refractivity contribution in [1.82, 2.24) is 5.32 Å². The minimum Gasteiger partial charge on any atom is -0.349 e. The van der Waals surface area contributed by atoms with Crippen molar-refractivity contribution in [2.75, 3.05) is 6.54 Å². The largest absolute Gasteiger partial charge is 0.349 e. The molecule has 0 aliphatic carbocycles. The van der Waals surface area contributed by atoms with Crippen molar-refractivity contribution in [2.24, 2.45) is 17.6 Å². The van der Waals surface area contributed by atoms with Gasteiger partial charge in [0.25, 0.3) is 0 Å². The van der Waals surface area contributed by atoms with Crippen molar-refractivity contribution in [1.29, 1.82) is 0 Å². The maximum absolute atomic E-state index is 13.0. The van der Waals surface area contributed by atoms with Gasteiger partial charge in [0, 0.05) is 6.42 Å². The first-order valence-electron chi connectivity index (χ1n) is 7.22. The molecule has 1 aromatic carbocycles. The van der Waals surface area contributed by atoms with Crippen LogP contribution in [0.3, 0.4) is 0 Å². The number of rotatable bonds is 7.